The Kier molecular flexibility index (Phi) is 5.85. The zero-order valence-corrected chi connectivity index (χ0v) is 15.3. The highest BCUT2D eigenvalue weighted by atomic mass is 32.1. The monoisotopic (exact) mass is 353 g/mol. The van der Waals surface area contributed by atoms with Gasteiger partial charge in [0, 0.05) is 30.9 Å². The molecular formula is C19H23N5S. The third-order valence-corrected chi connectivity index (χ3v) is 5.01. The van der Waals surface area contributed by atoms with E-state index in [1.165, 1.54) is 10.4 Å². The van der Waals surface area contributed by atoms with Crippen LogP contribution in [-0.2, 0) is 13.1 Å². The number of hydrogen-bond acceptors (Lipinski definition) is 3. The zero-order valence-electron chi connectivity index (χ0n) is 14.5. The first-order valence-electron chi connectivity index (χ1n) is 8.31. The van der Waals surface area contributed by atoms with Gasteiger partial charge >= 0.3 is 0 Å². The van der Waals surface area contributed by atoms with E-state index in [4.69, 9.17) is 0 Å². The number of rotatable bonds is 6. The quantitative estimate of drug-likeness (QED) is 0.527. The molecule has 0 radical (unpaired) electrons. The third-order valence-electron chi connectivity index (χ3n) is 3.96. The largest absolute Gasteiger partial charge is 0.349 e. The number of aliphatic imine (C=N–C) groups is 1. The summed E-state index contributed by atoms with van der Waals surface area (Å²) >= 11 is 1.74. The van der Waals surface area contributed by atoms with Gasteiger partial charge in [-0.25, -0.2) is 4.98 Å². The average Bonchev–Trinajstić information content (AvgIpc) is 3.31. The molecule has 0 fully saturated rings. The molecule has 25 heavy (non-hydrogen) atoms. The smallest absolute Gasteiger partial charge is 0.191 e. The molecule has 0 saturated heterocycles. The number of aromatic nitrogens is 2. The zero-order chi connectivity index (χ0) is 17.5. The van der Waals surface area contributed by atoms with Gasteiger partial charge in [0.2, 0.25) is 0 Å². The lowest BCUT2D eigenvalue weighted by atomic mass is 10.2. The number of guanidine groups is 1. The number of benzene rings is 1. The minimum atomic E-state index is 0.218. The molecule has 1 aromatic carbocycles. The van der Waals surface area contributed by atoms with Crippen LogP contribution in [0.4, 0.5) is 0 Å². The number of imidazole rings is 1. The molecular weight excluding hydrogens is 330 g/mol. The molecule has 0 bridgehead atoms. The molecule has 0 aliphatic heterocycles. The van der Waals surface area contributed by atoms with Gasteiger partial charge < -0.3 is 15.2 Å². The molecule has 3 rings (SSSR count). The van der Waals surface area contributed by atoms with E-state index in [-0.39, 0.29) is 6.04 Å². The van der Waals surface area contributed by atoms with Crippen molar-refractivity contribution in [3.8, 4) is 0 Å². The molecule has 6 heteroatoms. The van der Waals surface area contributed by atoms with Crippen LogP contribution in [-0.4, -0.2) is 22.6 Å². The van der Waals surface area contributed by atoms with Gasteiger partial charge in [0.05, 0.1) is 12.6 Å². The second-order valence-electron chi connectivity index (χ2n) is 5.76. The second-order valence-corrected chi connectivity index (χ2v) is 6.74. The molecule has 130 valence electrons. The summed E-state index contributed by atoms with van der Waals surface area (Å²) in [5.41, 5.74) is 1.26. The maximum absolute atomic E-state index is 4.47. The summed E-state index contributed by atoms with van der Waals surface area (Å²) in [5.74, 6) is 1.76. The topological polar surface area (TPSA) is 54.2 Å². The lowest BCUT2D eigenvalue weighted by molar-refractivity contribution is 0.663. The van der Waals surface area contributed by atoms with Crippen LogP contribution in [0.1, 0.15) is 29.2 Å². The Labute approximate surface area is 152 Å². The van der Waals surface area contributed by atoms with E-state index in [2.05, 4.69) is 73.9 Å². The summed E-state index contributed by atoms with van der Waals surface area (Å²) in [5, 5.41) is 8.85. The van der Waals surface area contributed by atoms with Crippen molar-refractivity contribution in [3.63, 3.8) is 0 Å². The maximum atomic E-state index is 4.47. The van der Waals surface area contributed by atoms with Crippen LogP contribution in [0.5, 0.6) is 0 Å². The number of nitrogens with zero attached hydrogens (tertiary/aromatic N) is 3. The SMILES string of the molecule is CN=C(NCc1nccn1Cc1ccccc1)NC(C)c1cccs1. The molecule has 0 aliphatic carbocycles. The predicted molar refractivity (Wildman–Crippen MR) is 104 cm³/mol. The fourth-order valence-electron chi connectivity index (χ4n) is 2.60. The van der Waals surface area contributed by atoms with Crippen LogP contribution in [0, 0.1) is 0 Å². The predicted octanol–water partition coefficient (Wildman–Crippen LogP) is 3.42. The average molecular weight is 353 g/mol. The van der Waals surface area contributed by atoms with Gasteiger partial charge in [-0.3, -0.25) is 4.99 Å². The van der Waals surface area contributed by atoms with Crippen LogP contribution in [0.3, 0.4) is 0 Å². The second kappa shape index (κ2) is 8.48. The minimum Gasteiger partial charge on any atom is -0.349 e. The standard InChI is InChI=1S/C19H23N5S/c1-15(17-9-6-12-25-17)23-19(20-2)22-13-18-21-10-11-24(18)14-16-7-4-3-5-8-16/h3-12,15H,13-14H2,1-2H3,(H2,20,22,23). The van der Waals surface area contributed by atoms with E-state index in [0.717, 1.165) is 18.3 Å². The summed E-state index contributed by atoms with van der Waals surface area (Å²) in [6, 6.07) is 14.8. The lowest BCUT2D eigenvalue weighted by Crippen LogP contribution is -2.38. The van der Waals surface area contributed by atoms with E-state index in [1.54, 1.807) is 18.4 Å². The van der Waals surface area contributed by atoms with Gasteiger partial charge in [-0.1, -0.05) is 36.4 Å². The summed E-state index contributed by atoms with van der Waals surface area (Å²) < 4.78 is 2.15. The van der Waals surface area contributed by atoms with Crippen molar-refractivity contribution in [2.24, 2.45) is 4.99 Å². The molecule has 0 saturated carbocycles. The molecule has 0 amide bonds. The van der Waals surface area contributed by atoms with Crippen LogP contribution in [0.25, 0.3) is 0 Å². The first kappa shape index (κ1) is 17.2. The van der Waals surface area contributed by atoms with E-state index in [9.17, 15) is 0 Å². The van der Waals surface area contributed by atoms with Crippen molar-refractivity contribution < 1.29 is 0 Å². The fraction of sp³-hybridized carbons (Fsp3) is 0.263. The minimum absolute atomic E-state index is 0.218. The van der Waals surface area contributed by atoms with Gasteiger partial charge in [-0.05, 0) is 23.9 Å². The van der Waals surface area contributed by atoms with Gasteiger partial charge in [0.1, 0.15) is 5.82 Å². The first-order valence-corrected chi connectivity index (χ1v) is 9.18. The van der Waals surface area contributed by atoms with Crippen molar-refractivity contribution in [3.05, 3.63) is 76.5 Å². The molecule has 5 nitrogen and oxygen atoms in total. The molecule has 1 unspecified atom stereocenters. The molecule has 3 aromatic rings. The molecule has 2 aromatic heterocycles. The summed E-state index contributed by atoms with van der Waals surface area (Å²) in [4.78, 5) is 10.1. The van der Waals surface area contributed by atoms with Gasteiger partial charge in [0.15, 0.2) is 5.96 Å². The van der Waals surface area contributed by atoms with Crippen molar-refractivity contribution in [1.29, 1.82) is 0 Å². The molecule has 1 atom stereocenters. The maximum Gasteiger partial charge on any atom is 0.191 e. The van der Waals surface area contributed by atoms with Crippen molar-refractivity contribution in [1.82, 2.24) is 20.2 Å². The van der Waals surface area contributed by atoms with Crippen molar-refractivity contribution >= 4 is 17.3 Å². The lowest BCUT2D eigenvalue weighted by Gasteiger charge is -2.17. The van der Waals surface area contributed by atoms with Crippen LogP contribution in [0.2, 0.25) is 0 Å². The Morgan fingerprint density at radius 2 is 2.08 bits per heavy atom. The fourth-order valence-corrected chi connectivity index (χ4v) is 3.34. The Hall–Kier alpha value is -2.60. The van der Waals surface area contributed by atoms with Gasteiger partial charge in [-0.15, -0.1) is 11.3 Å². The Balaban J connectivity index is 1.58. The van der Waals surface area contributed by atoms with E-state index in [0.29, 0.717) is 6.54 Å². The van der Waals surface area contributed by atoms with Crippen LogP contribution < -0.4 is 10.6 Å². The van der Waals surface area contributed by atoms with Crippen molar-refractivity contribution in [2.45, 2.75) is 26.1 Å². The summed E-state index contributed by atoms with van der Waals surface area (Å²) in [6.45, 7) is 3.57. The van der Waals surface area contributed by atoms with E-state index < -0.39 is 0 Å². The van der Waals surface area contributed by atoms with Crippen LogP contribution >= 0.6 is 11.3 Å². The number of hydrogen-bond donors (Lipinski definition) is 2. The molecule has 0 aliphatic rings. The van der Waals surface area contributed by atoms with Gasteiger partial charge in [0.25, 0.3) is 0 Å². The molecule has 2 heterocycles. The van der Waals surface area contributed by atoms with Crippen LogP contribution in [0.15, 0.2) is 65.2 Å². The Morgan fingerprint density at radius 1 is 1.24 bits per heavy atom. The summed E-state index contributed by atoms with van der Waals surface area (Å²) in [6.07, 6.45) is 3.85. The number of thiophene rings is 1. The van der Waals surface area contributed by atoms with Gasteiger partial charge in [-0.2, -0.15) is 0 Å². The first-order chi connectivity index (χ1) is 12.3. The van der Waals surface area contributed by atoms with Crippen molar-refractivity contribution in [2.75, 3.05) is 7.05 Å². The highest BCUT2D eigenvalue weighted by Gasteiger charge is 2.10. The normalized spacial score (nSPS) is 12.8. The Morgan fingerprint density at radius 3 is 2.80 bits per heavy atom. The third kappa shape index (κ3) is 4.70. The Bertz CT molecular complexity index is 792. The van der Waals surface area contributed by atoms with E-state index in [1.807, 2.05) is 18.5 Å². The highest BCUT2D eigenvalue weighted by molar-refractivity contribution is 7.10. The summed E-state index contributed by atoms with van der Waals surface area (Å²) in [7, 11) is 1.78. The highest BCUT2D eigenvalue weighted by Crippen LogP contribution is 2.17. The molecule has 0 spiro atoms. The molecule has 2 N–H and O–H groups in total. The van der Waals surface area contributed by atoms with E-state index >= 15 is 0 Å². The number of nitrogens with one attached hydrogen (secondary N) is 2.